The van der Waals surface area contributed by atoms with Crippen molar-refractivity contribution in [3.05, 3.63) is 102 Å². The van der Waals surface area contributed by atoms with Crippen LogP contribution in [0, 0.1) is 0 Å². The van der Waals surface area contributed by atoms with Crippen LogP contribution in [0.1, 0.15) is 74.0 Å². The first-order chi connectivity index (χ1) is 31.6. The smallest absolute Gasteiger partial charge is 0.407 e. The number of ether oxygens (including phenoxy) is 5. The Balaban J connectivity index is 0.967. The number of rotatable bonds is 12. The van der Waals surface area contributed by atoms with Gasteiger partial charge in [-0.1, -0.05) is 48.5 Å². The molecule has 65 heavy (non-hydrogen) atoms. The first kappa shape index (κ1) is 43.3. The van der Waals surface area contributed by atoms with Crippen LogP contribution in [-0.4, -0.2) is 113 Å². The normalized spacial score (nSPS) is 19.2. The number of aromatic amines is 2. The fourth-order valence-electron chi connectivity index (χ4n) is 9.42. The molecule has 4 aromatic carbocycles. The number of amides is 4. The van der Waals surface area contributed by atoms with Crippen molar-refractivity contribution in [3.63, 3.8) is 0 Å². The molecular weight excluding hydrogens is 833 g/mol. The Labute approximate surface area is 375 Å². The molecule has 4 amide bonds. The van der Waals surface area contributed by atoms with E-state index in [4.69, 9.17) is 33.7 Å². The van der Waals surface area contributed by atoms with Crippen LogP contribution < -0.4 is 15.4 Å². The van der Waals surface area contributed by atoms with Gasteiger partial charge in [-0.2, -0.15) is 0 Å². The lowest BCUT2D eigenvalue weighted by Crippen LogP contribution is -2.54. The average molecular weight is 885 g/mol. The van der Waals surface area contributed by atoms with E-state index in [0.29, 0.717) is 49.9 Å². The molecule has 0 bridgehead atoms. The summed E-state index contributed by atoms with van der Waals surface area (Å²) in [6, 6.07) is 21.0. The van der Waals surface area contributed by atoms with E-state index < -0.39 is 36.4 Å². The lowest BCUT2D eigenvalue weighted by Gasteiger charge is -2.30. The molecule has 2 aromatic heterocycles. The van der Waals surface area contributed by atoms with Crippen LogP contribution in [0.15, 0.2) is 79.0 Å². The Morgan fingerprint density at radius 1 is 0.877 bits per heavy atom. The number of likely N-dealkylation sites (tertiary alicyclic amines) is 2. The topological polar surface area (TPSA) is 202 Å². The van der Waals surface area contributed by atoms with E-state index in [1.54, 1.807) is 22.9 Å². The third kappa shape index (κ3) is 8.32. The van der Waals surface area contributed by atoms with Gasteiger partial charge in [0.25, 0.3) is 5.91 Å². The summed E-state index contributed by atoms with van der Waals surface area (Å²) in [5, 5.41) is 7.28. The van der Waals surface area contributed by atoms with Crippen LogP contribution in [0.4, 0.5) is 9.59 Å². The number of benzene rings is 4. The number of fused-ring (bicyclic) bond motifs is 6. The van der Waals surface area contributed by atoms with Crippen molar-refractivity contribution >= 4 is 45.8 Å². The summed E-state index contributed by atoms with van der Waals surface area (Å²) in [4.78, 5) is 73.0. The van der Waals surface area contributed by atoms with Crippen LogP contribution in [-0.2, 0) is 35.1 Å². The molecule has 9 rings (SSSR count). The van der Waals surface area contributed by atoms with Gasteiger partial charge in [0.15, 0.2) is 0 Å². The third-order valence-electron chi connectivity index (χ3n) is 12.8. The van der Waals surface area contributed by atoms with E-state index in [1.807, 2.05) is 55.5 Å². The van der Waals surface area contributed by atoms with Gasteiger partial charge in [-0.05, 0) is 78.6 Å². The molecule has 0 aliphatic carbocycles. The third-order valence-corrected chi connectivity index (χ3v) is 12.8. The van der Waals surface area contributed by atoms with Gasteiger partial charge in [0, 0.05) is 44.2 Å². The molecule has 6 aromatic rings. The highest BCUT2D eigenvalue weighted by Crippen LogP contribution is 2.44. The van der Waals surface area contributed by atoms with E-state index in [9.17, 15) is 19.2 Å². The van der Waals surface area contributed by atoms with Crippen molar-refractivity contribution in [2.75, 3.05) is 41.0 Å². The average Bonchev–Trinajstić information content (AvgIpc) is 4.18. The van der Waals surface area contributed by atoms with E-state index in [-0.39, 0.29) is 24.0 Å². The molecule has 17 nitrogen and oxygen atoms in total. The molecule has 0 saturated carbocycles. The second-order valence-corrected chi connectivity index (χ2v) is 16.5. The zero-order chi connectivity index (χ0) is 45.4. The van der Waals surface area contributed by atoms with E-state index in [0.717, 1.165) is 68.3 Å². The summed E-state index contributed by atoms with van der Waals surface area (Å²) >= 11 is 0. The molecule has 6 atom stereocenters. The molecule has 17 heteroatoms. The largest absolute Gasteiger partial charge is 0.488 e. The lowest BCUT2D eigenvalue weighted by atomic mass is 9.92. The number of carbonyl (C=O) groups is 4. The van der Waals surface area contributed by atoms with E-state index >= 15 is 0 Å². The summed E-state index contributed by atoms with van der Waals surface area (Å²) < 4.78 is 27.6. The first-order valence-electron chi connectivity index (χ1n) is 21.9. The van der Waals surface area contributed by atoms with Crippen LogP contribution >= 0.6 is 0 Å². The molecule has 338 valence electrons. The first-order valence-corrected chi connectivity index (χ1v) is 21.9. The van der Waals surface area contributed by atoms with Gasteiger partial charge in [-0.15, -0.1) is 0 Å². The Morgan fingerprint density at radius 2 is 1.68 bits per heavy atom. The molecule has 0 radical (unpaired) electrons. The highest BCUT2D eigenvalue weighted by Gasteiger charge is 2.43. The SMILES string of the molecule is CCO[C@H]1C[C@@H](c2nc3ccc4cc5c(cc4c3[nH]2)OCc2cc(-c3cnc([C@@H]4CCCN4C(=O)[C@H](NC(=O)OC)c4ccccc4)[nH]3)ccc2-5)N(C(=O)[C@@H](NC(=O)OC)[C@@H](C)OC)C1. The van der Waals surface area contributed by atoms with Crippen molar-refractivity contribution < 1.29 is 42.9 Å². The van der Waals surface area contributed by atoms with Crippen LogP contribution in [0.2, 0.25) is 0 Å². The maximum absolute atomic E-state index is 14.1. The summed E-state index contributed by atoms with van der Waals surface area (Å²) in [5.74, 6) is 1.48. The quantitative estimate of drug-likeness (QED) is 0.1000. The van der Waals surface area contributed by atoms with Gasteiger partial charge >= 0.3 is 12.2 Å². The summed E-state index contributed by atoms with van der Waals surface area (Å²) in [5.41, 5.74) is 7.02. The highest BCUT2D eigenvalue weighted by atomic mass is 16.5. The van der Waals surface area contributed by atoms with Crippen molar-refractivity contribution in [2.45, 2.75) is 76.1 Å². The number of alkyl carbamates (subject to hydrolysis) is 2. The zero-order valence-electron chi connectivity index (χ0n) is 36.9. The van der Waals surface area contributed by atoms with Gasteiger partial charge in [-0.3, -0.25) is 9.59 Å². The van der Waals surface area contributed by atoms with E-state index in [1.165, 1.54) is 21.3 Å². The van der Waals surface area contributed by atoms with Crippen molar-refractivity contribution in [1.29, 1.82) is 0 Å². The van der Waals surface area contributed by atoms with Crippen LogP contribution in [0.25, 0.3) is 44.2 Å². The molecule has 3 aliphatic heterocycles. The molecule has 4 N–H and O–H groups in total. The fourth-order valence-corrected chi connectivity index (χ4v) is 9.42. The number of hydrogen-bond donors (Lipinski definition) is 4. The number of aromatic nitrogens is 4. The molecule has 5 heterocycles. The number of nitrogens with one attached hydrogen (secondary N) is 4. The number of nitrogens with zero attached hydrogens (tertiary/aromatic N) is 4. The number of hydrogen-bond acceptors (Lipinski definition) is 11. The lowest BCUT2D eigenvalue weighted by molar-refractivity contribution is -0.138. The Morgan fingerprint density at radius 3 is 2.45 bits per heavy atom. The van der Waals surface area contributed by atoms with Gasteiger partial charge in [-0.25, -0.2) is 19.6 Å². The minimum atomic E-state index is -0.988. The molecule has 3 aliphatic rings. The van der Waals surface area contributed by atoms with Gasteiger partial charge < -0.3 is 54.1 Å². The van der Waals surface area contributed by atoms with Gasteiger partial charge in [0.05, 0.1) is 61.4 Å². The standard InChI is InChI=1S/C48H52N8O9/c1-6-64-31-21-38(56(24-31)45(57)40(26(2)61-3)53-47(59)62-4)44-50-35-17-15-28-20-34-32-16-14-29(19-30(32)25-65-39(34)22-33(28)42(35)52-44)36-23-49-43(51-36)37-13-10-18-55(37)46(58)41(54-48(60)63-5)27-11-8-7-9-12-27/h7-9,11-12,14-17,19-20,22-23,26,31,37-38,40-41H,6,10,13,18,21,24-25H2,1-5H3,(H,49,51)(H,50,52)(H,53,59)(H,54,60)/t26-,31+,37+,38+,40+,41-/m1/s1. The minimum Gasteiger partial charge on any atom is -0.488 e. The molecular formula is C48H52N8O9. The predicted molar refractivity (Wildman–Crippen MR) is 240 cm³/mol. The molecule has 0 spiro atoms. The number of H-pyrrole nitrogens is 2. The van der Waals surface area contributed by atoms with Gasteiger partial charge in [0.2, 0.25) is 5.91 Å². The highest BCUT2D eigenvalue weighted by molar-refractivity contribution is 6.07. The number of methoxy groups -OCH3 is 3. The molecule has 2 fully saturated rings. The van der Waals surface area contributed by atoms with Crippen molar-refractivity contribution in [1.82, 2.24) is 40.4 Å². The van der Waals surface area contributed by atoms with Crippen LogP contribution in [0.5, 0.6) is 5.75 Å². The van der Waals surface area contributed by atoms with Gasteiger partial charge in [0.1, 0.15) is 36.1 Å². The second-order valence-electron chi connectivity index (χ2n) is 16.5. The number of imidazole rings is 2. The predicted octanol–water partition coefficient (Wildman–Crippen LogP) is 6.86. The minimum absolute atomic E-state index is 0.225. The second kappa shape index (κ2) is 18.3. The Kier molecular flexibility index (Phi) is 12.2. The maximum atomic E-state index is 14.1. The Hall–Kier alpha value is -6.98. The van der Waals surface area contributed by atoms with Crippen molar-refractivity contribution in [2.24, 2.45) is 0 Å². The molecule has 0 unspecified atom stereocenters. The zero-order valence-corrected chi connectivity index (χ0v) is 36.9. The van der Waals surface area contributed by atoms with Crippen LogP contribution in [0.3, 0.4) is 0 Å². The summed E-state index contributed by atoms with van der Waals surface area (Å²) in [6.07, 6.45) is 1.58. The monoisotopic (exact) mass is 884 g/mol. The van der Waals surface area contributed by atoms with Crippen molar-refractivity contribution in [3.8, 4) is 28.1 Å². The number of carbonyl (C=O) groups excluding carboxylic acids is 4. The fraction of sp³-hybridized carbons (Fsp3) is 0.375. The molecule has 2 saturated heterocycles. The van der Waals surface area contributed by atoms with E-state index in [2.05, 4.69) is 44.9 Å². The Bertz CT molecular complexity index is 2760. The maximum Gasteiger partial charge on any atom is 0.407 e. The summed E-state index contributed by atoms with van der Waals surface area (Å²) in [6.45, 7) is 5.34. The summed E-state index contributed by atoms with van der Waals surface area (Å²) in [7, 11) is 4.02.